The first-order valence-corrected chi connectivity index (χ1v) is 6.85. The van der Waals surface area contributed by atoms with Gasteiger partial charge in [-0.05, 0) is 31.4 Å². The van der Waals surface area contributed by atoms with E-state index >= 15 is 0 Å². The number of nitrogens with zero attached hydrogens (tertiary/aromatic N) is 1. The first-order chi connectivity index (χ1) is 9.43. The lowest BCUT2D eigenvalue weighted by atomic mass is 9.82. The zero-order chi connectivity index (χ0) is 15.2. The molecule has 0 saturated carbocycles. The minimum atomic E-state index is -0.874. The Morgan fingerprint density at radius 2 is 1.95 bits per heavy atom. The van der Waals surface area contributed by atoms with Crippen LogP contribution < -0.4 is 5.32 Å². The largest absolute Gasteiger partial charge is 0.481 e. The Labute approximate surface area is 119 Å². The third kappa shape index (κ3) is 4.05. The highest BCUT2D eigenvalue weighted by Crippen LogP contribution is 2.25. The topological polar surface area (TPSA) is 79.3 Å². The number of carboxylic acids is 1. The third-order valence-corrected chi connectivity index (χ3v) is 3.77. The van der Waals surface area contributed by atoms with Crippen LogP contribution in [0.1, 0.15) is 37.9 Å². The first-order valence-electron chi connectivity index (χ1n) is 6.85. The molecular weight excluding hydrogens is 256 g/mol. The van der Waals surface area contributed by atoms with Crippen molar-refractivity contribution in [2.24, 2.45) is 5.41 Å². The van der Waals surface area contributed by atoms with Gasteiger partial charge in [0, 0.05) is 18.4 Å². The number of carbonyl (C=O) groups excluding carboxylic acids is 1. The van der Waals surface area contributed by atoms with Crippen molar-refractivity contribution in [3.8, 4) is 0 Å². The van der Waals surface area contributed by atoms with Gasteiger partial charge in [-0.3, -0.25) is 14.6 Å². The van der Waals surface area contributed by atoms with Crippen molar-refractivity contribution in [2.75, 3.05) is 6.54 Å². The zero-order valence-electron chi connectivity index (χ0n) is 12.3. The summed E-state index contributed by atoms with van der Waals surface area (Å²) in [4.78, 5) is 27.3. The average molecular weight is 278 g/mol. The second-order valence-corrected chi connectivity index (χ2v) is 5.05. The van der Waals surface area contributed by atoms with Crippen molar-refractivity contribution in [1.29, 1.82) is 0 Å². The molecule has 0 spiro atoms. The van der Waals surface area contributed by atoms with E-state index in [-0.39, 0.29) is 18.9 Å². The SMILES string of the molecule is CCC(CC)(CNC(=O)Cc1ccc(C)nc1)C(=O)O. The molecule has 0 aliphatic rings. The number of nitrogens with one attached hydrogen (secondary N) is 1. The van der Waals surface area contributed by atoms with Gasteiger partial charge in [0.1, 0.15) is 0 Å². The third-order valence-electron chi connectivity index (χ3n) is 3.77. The smallest absolute Gasteiger partial charge is 0.311 e. The molecule has 2 N–H and O–H groups in total. The summed E-state index contributed by atoms with van der Waals surface area (Å²) in [5, 5.41) is 12.0. The van der Waals surface area contributed by atoms with E-state index in [2.05, 4.69) is 10.3 Å². The van der Waals surface area contributed by atoms with Gasteiger partial charge in [0.15, 0.2) is 0 Å². The first kappa shape index (κ1) is 16.1. The molecule has 5 heteroatoms. The number of amides is 1. The van der Waals surface area contributed by atoms with Crippen molar-refractivity contribution in [1.82, 2.24) is 10.3 Å². The van der Waals surface area contributed by atoms with E-state index in [1.807, 2.05) is 32.9 Å². The van der Waals surface area contributed by atoms with E-state index in [1.165, 1.54) is 0 Å². The van der Waals surface area contributed by atoms with Crippen LogP contribution in [-0.2, 0) is 16.0 Å². The number of hydrogen-bond donors (Lipinski definition) is 2. The highest BCUT2D eigenvalue weighted by Gasteiger charge is 2.35. The average Bonchev–Trinajstić information content (AvgIpc) is 2.43. The number of hydrogen-bond acceptors (Lipinski definition) is 3. The van der Waals surface area contributed by atoms with Crippen LogP contribution >= 0.6 is 0 Å². The molecule has 1 aromatic heterocycles. The monoisotopic (exact) mass is 278 g/mol. The van der Waals surface area contributed by atoms with E-state index in [4.69, 9.17) is 0 Å². The zero-order valence-corrected chi connectivity index (χ0v) is 12.3. The Morgan fingerprint density at radius 3 is 2.40 bits per heavy atom. The van der Waals surface area contributed by atoms with Crippen molar-refractivity contribution < 1.29 is 14.7 Å². The molecule has 1 heterocycles. The molecule has 0 aliphatic carbocycles. The normalized spacial score (nSPS) is 11.2. The van der Waals surface area contributed by atoms with E-state index in [0.717, 1.165) is 11.3 Å². The van der Waals surface area contributed by atoms with Gasteiger partial charge in [0.25, 0.3) is 0 Å². The predicted molar refractivity (Wildman–Crippen MR) is 76.3 cm³/mol. The molecule has 0 fully saturated rings. The molecule has 5 nitrogen and oxygen atoms in total. The number of carbonyl (C=O) groups is 2. The number of carboxylic acid groups (broad SMARTS) is 1. The molecule has 0 atom stereocenters. The molecule has 1 amide bonds. The van der Waals surface area contributed by atoms with Crippen LogP contribution in [0.4, 0.5) is 0 Å². The van der Waals surface area contributed by atoms with Crippen LogP contribution in [0.2, 0.25) is 0 Å². The maximum Gasteiger partial charge on any atom is 0.311 e. The fourth-order valence-electron chi connectivity index (χ4n) is 2.00. The van der Waals surface area contributed by atoms with Crippen LogP contribution in [0.5, 0.6) is 0 Å². The van der Waals surface area contributed by atoms with Gasteiger partial charge in [0.2, 0.25) is 5.91 Å². The molecule has 0 bridgehead atoms. The number of aryl methyl sites for hydroxylation is 1. The van der Waals surface area contributed by atoms with Crippen molar-refractivity contribution in [3.05, 3.63) is 29.6 Å². The highest BCUT2D eigenvalue weighted by atomic mass is 16.4. The maximum atomic E-state index is 11.9. The maximum absolute atomic E-state index is 11.9. The predicted octanol–water partition coefficient (Wildman–Crippen LogP) is 1.94. The molecule has 0 unspecified atom stereocenters. The van der Waals surface area contributed by atoms with Crippen LogP contribution in [-0.4, -0.2) is 28.5 Å². The van der Waals surface area contributed by atoms with E-state index in [9.17, 15) is 14.7 Å². The Kier molecular flexibility index (Phi) is 5.67. The molecule has 1 aromatic rings. The van der Waals surface area contributed by atoms with Crippen LogP contribution in [0.25, 0.3) is 0 Å². The summed E-state index contributed by atoms with van der Waals surface area (Å²) < 4.78 is 0. The Balaban J connectivity index is 2.58. The molecule has 0 aliphatic heterocycles. The summed E-state index contributed by atoms with van der Waals surface area (Å²) in [6.45, 7) is 5.70. The van der Waals surface area contributed by atoms with Crippen molar-refractivity contribution in [3.63, 3.8) is 0 Å². The van der Waals surface area contributed by atoms with Gasteiger partial charge < -0.3 is 10.4 Å². The minimum absolute atomic E-state index is 0.160. The van der Waals surface area contributed by atoms with Gasteiger partial charge in [-0.2, -0.15) is 0 Å². The lowest BCUT2D eigenvalue weighted by molar-refractivity contribution is -0.149. The molecule has 0 radical (unpaired) electrons. The molecule has 0 aromatic carbocycles. The molecular formula is C15H22N2O3. The Morgan fingerprint density at radius 1 is 1.30 bits per heavy atom. The van der Waals surface area contributed by atoms with Gasteiger partial charge in [0.05, 0.1) is 11.8 Å². The molecule has 110 valence electrons. The summed E-state index contributed by atoms with van der Waals surface area (Å²) >= 11 is 0. The minimum Gasteiger partial charge on any atom is -0.481 e. The number of aromatic nitrogens is 1. The van der Waals surface area contributed by atoms with Gasteiger partial charge in [-0.1, -0.05) is 19.9 Å². The van der Waals surface area contributed by atoms with Gasteiger partial charge in [-0.15, -0.1) is 0 Å². The van der Waals surface area contributed by atoms with Crippen LogP contribution in [0, 0.1) is 12.3 Å². The second kappa shape index (κ2) is 7.03. The van der Waals surface area contributed by atoms with Crippen LogP contribution in [0.15, 0.2) is 18.3 Å². The summed E-state index contributed by atoms with van der Waals surface area (Å²) in [7, 11) is 0. The number of rotatable bonds is 7. The fraction of sp³-hybridized carbons (Fsp3) is 0.533. The standard InChI is InChI=1S/C15H22N2O3/c1-4-15(5-2,14(19)20)10-17-13(18)8-12-7-6-11(3)16-9-12/h6-7,9H,4-5,8,10H2,1-3H3,(H,17,18)(H,19,20). The highest BCUT2D eigenvalue weighted by molar-refractivity contribution is 5.80. The van der Waals surface area contributed by atoms with Crippen molar-refractivity contribution >= 4 is 11.9 Å². The van der Waals surface area contributed by atoms with E-state index < -0.39 is 11.4 Å². The van der Waals surface area contributed by atoms with E-state index in [1.54, 1.807) is 6.20 Å². The summed E-state index contributed by atoms with van der Waals surface area (Å²) in [5.74, 6) is -1.04. The lowest BCUT2D eigenvalue weighted by Gasteiger charge is -2.26. The summed E-state index contributed by atoms with van der Waals surface area (Å²) in [6, 6.07) is 3.70. The molecule has 20 heavy (non-hydrogen) atoms. The Hall–Kier alpha value is -1.91. The van der Waals surface area contributed by atoms with Crippen LogP contribution in [0.3, 0.4) is 0 Å². The second-order valence-electron chi connectivity index (χ2n) is 5.05. The lowest BCUT2D eigenvalue weighted by Crippen LogP contribution is -2.42. The van der Waals surface area contributed by atoms with Crippen molar-refractivity contribution in [2.45, 2.75) is 40.0 Å². The summed E-state index contributed by atoms with van der Waals surface area (Å²) in [6.07, 6.45) is 2.87. The van der Waals surface area contributed by atoms with Gasteiger partial charge in [-0.25, -0.2) is 0 Å². The Bertz CT molecular complexity index is 465. The number of aliphatic carboxylic acids is 1. The van der Waals surface area contributed by atoms with Gasteiger partial charge >= 0.3 is 5.97 Å². The molecule has 1 rings (SSSR count). The quantitative estimate of drug-likeness (QED) is 0.799. The fourth-order valence-corrected chi connectivity index (χ4v) is 2.00. The number of pyridine rings is 1. The molecule has 0 saturated heterocycles. The summed E-state index contributed by atoms with van der Waals surface area (Å²) in [5.41, 5.74) is 0.847. The van der Waals surface area contributed by atoms with E-state index in [0.29, 0.717) is 12.8 Å².